The third-order valence-corrected chi connectivity index (χ3v) is 3.21. The summed E-state index contributed by atoms with van der Waals surface area (Å²) in [6.07, 6.45) is 1.75. The zero-order valence-electron chi connectivity index (χ0n) is 11.3. The largest absolute Gasteiger partial charge is 0.478 e. The first-order chi connectivity index (χ1) is 9.54. The molecule has 2 unspecified atom stereocenters. The number of rotatable bonds is 3. The highest BCUT2D eigenvalue weighted by Gasteiger charge is 2.20. The smallest absolute Gasteiger partial charge is 0.335 e. The van der Waals surface area contributed by atoms with Gasteiger partial charge in [-0.1, -0.05) is 0 Å². The molecule has 1 saturated heterocycles. The van der Waals surface area contributed by atoms with E-state index in [1.54, 1.807) is 12.1 Å². The molecule has 0 aromatic heterocycles. The number of hydrogen-bond donors (Lipinski definition) is 3. The molecule has 1 aliphatic heterocycles. The van der Waals surface area contributed by atoms with Crippen molar-refractivity contribution < 1.29 is 19.4 Å². The molecule has 3 N–H and O–H groups in total. The summed E-state index contributed by atoms with van der Waals surface area (Å²) < 4.78 is 5.42. The molecule has 0 bridgehead atoms. The second kappa shape index (κ2) is 6.38. The van der Waals surface area contributed by atoms with Crippen molar-refractivity contribution in [3.63, 3.8) is 0 Å². The first kappa shape index (κ1) is 14.3. The van der Waals surface area contributed by atoms with Crippen molar-refractivity contribution in [3.8, 4) is 0 Å². The third kappa shape index (κ3) is 3.96. The highest BCUT2D eigenvalue weighted by molar-refractivity contribution is 5.91. The number of amides is 2. The Balaban J connectivity index is 1.86. The van der Waals surface area contributed by atoms with Crippen LogP contribution in [0.25, 0.3) is 0 Å². The molecule has 0 saturated carbocycles. The molecule has 0 radical (unpaired) electrons. The predicted molar refractivity (Wildman–Crippen MR) is 74.0 cm³/mol. The molecule has 1 heterocycles. The summed E-state index contributed by atoms with van der Waals surface area (Å²) in [6, 6.07) is 5.86. The lowest BCUT2D eigenvalue weighted by Gasteiger charge is -2.27. The lowest BCUT2D eigenvalue weighted by Crippen LogP contribution is -2.43. The minimum Gasteiger partial charge on any atom is -0.478 e. The van der Waals surface area contributed by atoms with Gasteiger partial charge in [0, 0.05) is 18.3 Å². The molecule has 20 heavy (non-hydrogen) atoms. The number of nitrogens with one attached hydrogen (secondary N) is 2. The molecule has 0 spiro atoms. The van der Waals surface area contributed by atoms with E-state index in [1.165, 1.54) is 12.1 Å². The van der Waals surface area contributed by atoms with Crippen LogP contribution >= 0.6 is 0 Å². The Hall–Kier alpha value is -2.08. The van der Waals surface area contributed by atoms with E-state index >= 15 is 0 Å². The average Bonchev–Trinajstić information content (AvgIpc) is 2.39. The minimum atomic E-state index is -0.989. The van der Waals surface area contributed by atoms with Crippen molar-refractivity contribution in [1.29, 1.82) is 0 Å². The van der Waals surface area contributed by atoms with Crippen LogP contribution in [0.1, 0.15) is 30.1 Å². The van der Waals surface area contributed by atoms with Crippen LogP contribution in [0.3, 0.4) is 0 Å². The minimum absolute atomic E-state index is 0.108. The Morgan fingerprint density at radius 3 is 2.60 bits per heavy atom. The van der Waals surface area contributed by atoms with Gasteiger partial charge in [-0.25, -0.2) is 9.59 Å². The summed E-state index contributed by atoms with van der Waals surface area (Å²) in [5.41, 5.74) is 0.752. The Morgan fingerprint density at radius 1 is 1.30 bits per heavy atom. The van der Waals surface area contributed by atoms with E-state index in [2.05, 4.69) is 10.6 Å². The van der Waals surface area contributed by atoms with Crippen LogP contribution < -0.4 is 10.6 Å². The van der Waals surface area contributed by atoms with Crippen LogP contribution in [0.2, 0.25) is 0 Å². The molecule has 1 fully saturated rings. The van der Waals surface area contributed by atoms with Crippen molar-refractivity contribution in [2.75, 3.05) is 11.9 Å². The van der Waals surface area contributed by atoms with Gasteiger partial charge in [0.05, 0.1) is 11.7 Å². The van der Waals surface area contributed by atoms with Crippen molar-refractivity contribution in [3.05, 3.63) is 29.8 Å². The number of carbonyl (C=O) groups is 2. The normalized spacial score (nSPS) is 22.1. The highest BCUT2D eigenvalue weighted by atomic mass is 16.5. The van der Waals surface area contributed by atoms with Gasteiger partial charge in [0.1, 0.15) is 0 Å². The van der Waals surface area contributed by atoms with Crippen LogP contribution in [0.5, 0.6) is 0 Å². The number of anilines is 1. The van der Waals surface area contributed by atoms with Crippen LogP contribution in [-0.4, -0.2) is 35.9 Å². The monoisotopic (exact) mass is 278 g/mol. The number of carboxylic acids is 1. The second-order valence-corrected chi connectivity index (χ2v) is 4.88. The average molecular weight is 278 g/mol. The third-order valence-electron chi connectivity index (χ3n) is 3.21. The lowest BCUT2D eigenvalue weighted by atomic mass is 10.0. The fraction of sp³-hybridized carbons (Fsp3) is 0.429. The maximum atomic E-state index is 11.8. The molecule has 0 aliphatic carbocycles. The predicted octanol–water partition coefficient (Wildman–Crippen LogP) is 2.07. The van der Waals surface area contributed by atoms with E-state index in [-0.39, 0.29) is 23.7 Å². The summed E-state index contributed by atoms with van der Waals surface area (Å²) >= 11 is 0. The topological polar surface area (TPSA) is 87.7 Å². The zero-order chi connectivity index (χ0) is 14.5. The molecule has 108 valence electrons. The fourth-order valence-electron chi connectivity index (χ4n) is 2.18. The molecule has 2 atom stereocenters. The van der Waals surface area contributed by atoms with Crippen LogP contribution in [0.4, 0.5) is 10.5 Å². The maximum Gasteiger partial charge on any atom is 0.335 e. The number of ether oxygens (including phenoxy) is 1. The Morgan fingerprint density at radius 2 is 2.00 bits per heavy atom. The number of urea groups is 1. The van der Waals surface area contributed by atoms with Gasteiger partial charge in [-0.15, -0.1) is 0 Å². The van der Waals surface area contributed by atoms with Gasteiger partial charge in [-0.3, -0.25) is 0 Å². The Labute approximate surface area is 117 Å². The molecule has 6 heteroatoms. The van der Waals surface area contributed by atoms with Gasteiger partial charge in [0.2, 0.25) is 0 Å². The van der Waals surface area contributed by atoms with E-state index in [4.69, 9.17) is 9.84 Å². The lowest BCUT2D eigenvalue weighted by molar-refractivity contribution is 0.0157. The van der Waals surface area contributed by atoms with Crippen molar-refractivity contribution in [1.82, 2.24) is 5.32 Å². The molecular formula is C14H18N2O4. The second-order valence-electron chi connectivity index (χ2n) is 4.88. The van der Waals surface area contributed by atoms with Crippen molar-refractivity contribution in [2.45, 2.75) is 31.9 Å². The van der Waals surface area contributed by atoms with Gasteiger partial charge in [0.25, 0.3) is 0 Å². The molecule has 1 aromatic rings. The number of carbonyl (C=O) groups excluding carboxylic acids is 1. The molecule has 1 aromatic carbocycles. The van der Waals surface area contributed by atoms with Crippen LogP contribution in [0.15, 0.2) is 24.3 Å². The van der Waals surface area contributed by atoms with Crippen LogP contribution in [0, 0.1) is 0 Å². The molecule has 2 rings (SSSR count). The Kier molecular flexibility index (Phi) is 4.57. The standard InChI is InChI=1S/C14H18N2O4/c1-9-8-12(6-7-20-9)16-14(19)15-11-4-2-10(3-5-11)13(17)18/h2-5,9,12H,6-8H2,1H3,(H,17,18)(H2,15,16,19). The SMILES string of the molecule is CC1CC(NC(=O)Nc2ccc(C(=O)O)cc2)CCO1. The number of benzene rings is 1. The van der Waals surface area contributed by atoms with Crippen molar-refractivity contribution >= 4 is 17.7 Å². The van der Waals surface area contributed by atoms with Gasteiger partial charge >= 0.3 is 12.0 Å². The van der Waals surface area contributed by atoms with E-state index in [0.29, 0.717) is 12.3 Å². The summed E-state index contributed by atoms with van der Waals surface area (Å²) in [7, 11) is 0. The van der Waals surface area contributed by atoms with Gasteiger partial charge in [0.15, 0.2) is 0 Å². The zero-order valence-corrected chi connectivity index (χ0v) is 11.3. The molecule has 6 nitrogen and oxygen atoms in total. The quantitative estimate of drug-likeness (QED) is 0.790. The molecule has 1 aliphatic rings. The first-order valence-electron chi connectivity index (χ1n) is 6.57. The van der Waals surface area contributed by atoms with E-state index in [9.17, 15) is 9.59 Å². The van der Waals surface area contributed by atoms with Gasteiger partial charge in [-0.2, -0.15) is 0 Å². The summed E-state index contributed by atoms with van der Waals surface area (Å²) in [4.78, 5) is 22.5. The highest BCUT2D eigenvalue weighted by Crippen LogP contribution is 2.14. The first-order valence-corrected chi connectivity index (χ1v) is 6.57. The number of hydrogen-bond acceptors (Lipinski definition) is 3. The summed E-state index contributed by atoms with van der Waals surface area (Å²) in [5, 5.41) is 14.4. The van der Waals surface area contributed by atoms with Gasteiger partial charge in [-0.05, 0) is 44.0 Å². The van der Waals surface area contributed by atoms with E-state index < -0.39 is 5.97 Å². The summed E-state index contributed by atoms with van der Waals surface area (Å²) in [6.45, 7) is 2.63. The summed E-state index contributed by atoms with van der Waals surface area (Å²) in [5.74, 6) is -0.989. The molecular weight excluding hydrogens is 260 g/mol. The van der Waals surface area contributed by atoms with Gasteiger partial charge < -0.3 is 20.5 Å². The van der Waals surface area contributed by atoms with Crippen molar-refractivity contribution in [2.24, 2.45) is 0 Å². The van der Waals surface area contributed by atoms with E-state index in [1.807, 2.05) is 6.92 Å². The molecule has 2 amide bonds. The Bertz CT molecular complexity index is 486. The van der Waals surface area contributed by atoms with E-state index in [0.717, 1.165) is 12.8 Å². The fourth-order valence-corrected chi connectivity index (χ4v) is 2.18. The number of aromatic carboxylic acids is 1. The maximum absolute atomic E-state index is 11.8. The number of carboxylic acid groups (broad SMARTS) is 1. The van der Waals surface area contributed by atoms with Crippen LogP contribution in [-0.2, 0) is 4.74 Å².